The van der Waals surface area contributed by atoms with Gasteiger partial charge < -0.3 is 5.32 Å². The number of alkyl halides is 2. The summed E-state index contributed by atoms with van der Waals surface area (Å²) in [6.07, 6.45) is 2.54. The van der Waals surface area contributed by atoms with E-state index < -0.39 is 4.33 Å². The molecule has 19 heavy (non-hydrogen) atoms. The number of hydrogen-bond acceptors (Lipinski definition) is 1. The van der Waals surface area contributed by atoms with E-state index in [2.05, 4.69) is 5.32 Å². The van der Waals surface area contributed by atoms with E-state index in [4.69, 9.17) is 23.2 Å². The number of halogens is 3. The summed E-state index contributed by atoms with van der Waals surface area (Å²) in [5.41, 5.74) is 1.05. The fraction of sp³-hybridized carbons (Fsp3) is 0.500. The van der Waals surface area contributed by atoms with Gasteiger partial charge in [-0.25, -0.2) is 4.39 Å². The number of carbonyl (C=O) groups excluding carboxylic acids is 1. The Balaban J connectivity index is 1.61. The van der Waals surface area contributed by atoms with E-state index in [1.165, 1.54) is 12.1 Å². The lowest BCUT2D eigenvalue weighted by Gasteiger charge is -2.16. The minimum atomic E-state index is -0.878. The van der Waals surface area contributed by atoms with Crippen molar-refractivity contribution in [3.05, 3.63) is 35.6 Å². The van der Waals surface area contributed by atoms with Crippen molar-refractivity contribution in [3.63, 3.8) is 0 Å². The predicted octanol–water partition coefficient (Wildman–Crippen LogP) is 3.17. The molecule has 0 bridgehead atoms. The molecule has 5 heteroatoms. The Bertz CT molecular complexity index is 511. The molecule has 2 aliphatic carbocycles. The van der Waals surface area contributed by atoms with Gasteiger partial charge in [-0.2, -0.15) is 0 Å². The molecule has 1 aromatic carbocycles. The quantitative estimate of drug-likeness (QED) is 0.851. The second kappa shape index (κ2) is 4.35. The van der Waals surface area contributed by atoms with Crippen molar-refractivity contribution in [1.82, 2.24) is 5.32 Å². The van der Waals surface area contributed by atoms with E-state index in [9.17, 15) is 9.18 Å². The first-order chi connectivity index (χ1) is 8.93. The first kappa shape index (κ1) is 13.2. The van der Waals surface area contributed by atoms with Crippen LogP contribution in [0, 0.1) is 11.7 Å². The van der Waals surface area contributed by atoms with Crippen LogP contribution in [-0.2, 0) is 10.2 Å². The summed E-state index contributed by atoms with van der Waals surface area (Å²) in [7, 11) is 0. The molecule has 2 fully saturated rings. The van der Waals surface area contributed by atoms with Crippen molar-refractivity contribution in [3.8, 4) is 0 Å². The maximum atomic E-state index is 12.9. The highest BCUT2D eigenvalue weighted by atomic mass is 35.5. The summed E-state index contributed by atoms with van der Waals surface area (Å²) in [6, 6.07) is 6.50. The van der Waals surface area contributed by atoms with Crippen LogP contribution in [0.15, 0.2) is 24.3 Å². The van der Waals surface area contributed by atoms with Crippen molar-refractivity contribution >= 4 is 29.1 Å². The molecule has 0 heterocycles. The lowest BCUT2D eigenvalue weighted by Crippen LogP contribution is -2.34. The Kier molecular flexibility index (Phi) is 3.02. The van der Waals surface area contributed by atoms with Gasteiger partial charge in [0, 0.05) is 12.0 Å². The number of rotatable bonds is 4. The van der Waals surface area contributed by atoms with Crippen LogP contribution >= 0.6 is 23.2 Å². The van der Waals surface area contributed by atoms with Gasteiger partial charge in [-0.05, 0) is 37.0 Å². The third-order valence-corrected chi connectivity index (χ3v) is 4.89. The van der Waals surface area contributed by atoms with Crippen LogP contribution in [-0.4, -0.2) is 16.8 Å². The monoisotopic (exact) mass is 301 g/mol. The predicted molar refractivity (Wildman–Crippen MR) is 72.9 cm³/mol. The fourth-order valence-electron chi connectivity index (χ4n) is 2.40. The summed E-state index contributed by atoms with van der Waals surface area (Å²) < 4.78 is 12.0. The minimum absolute atomic E-state index is 0.0282. The third kappa shape index (κ3) is 2.59. The third-order valence-electron chi connectivity index (χ3n) is 4.05. The second-order valence-corrected chi connectivity index (χ2v) is 7.07. The van der Waals surface area contributed by atoms with Gasteiger partial charge in [0.25, 0.3) is 0 Å². The van der Waals surface area contributed by atoms with Crippen LogP contribution in [0.2, 0.25) is 0 Å². The van der Waals surface area contributed by atoms with Gasteiger partial charge in [0.15, 0.2) is 0 Å². The summed E-state index contributed by atoms with van der Waals surface area (Å²) in [5, 5.41) is 2.91. The highest BCUT2D eigenvalue weighted by Gasteiger charge is 2.56. The molecule has 0 radical (unpaired) electrons. The molecular weight excluding hydrogens is 288 g/mol. The molecule has 0 aromatic heterocycles. The smallest absolute Gasteiger partial charge is 0.226 e. The molecular formula is C14H14Cl2FNO. The maximum Gasteiger partial charge on any atom is 0.226 e. The van der Waals surface area contributed by atoms with Crippen LogP contribution in [0.5, 0.6) is 0 Å². The largest absolute Gasteiger partial charge is 0.355 e. The first-order valence-corrected chi connectivity index (χ1v) is 7.10. The van der Waals surface area contributed by atoms with E-state index in [0.717, 1.165) is 18.4 Å². The lowest BCUT2D eigenvalue weighted by atomic mass is 9.96. The molecule has 1 aromatic rings. The summed E-state index contributed by atoms with van der Waals surface area (Å²) in [6.45, 7) is 0.567. The zero-order valence-electron chi connectivity index (χ0n) is 10.3. The van der Waals surface area contributed by atoms with Crippen molar-refractivity contribution in [2.24, 2.45) is 5.92 Å². The molecule has 0 saturated heterocycles. The number of amides is 1. The van der Waals surface area contributed by atoms with Gasteiger partial charge in [0.05, 0.1) is 5.92 Å². The number of benzene rings is 1. The summed E-state index contributed by atoms with van der Waals surface area (Å²) in [5.74, 6) is -0.617. The number of nitrogens with one attached hydrogen (secondary N) is 1. The van der Waals surface area contributed by atoms with Crippen molar-refractivity contribution in [1.29, 1.82) is 0 Å². The van der Waals surface area contributed by atoms with Crippen molar-refractivity contribution in [2.75, 3.05) is 6.54 Å². The van der Waals surface area contributed by atoms with Gasteiger partial charge in [-0.15, -0.1) is 23.2 Å². The second-order valence-electron chi connectivity index (χ2n) is 5.52. The van der Waals surface area contributed by atoms with Crippen LogP contribution < -0.4 is 5.32 Å². The Hall–Kier alpha value is -0.800. The zero-order chi connectivity index (χ0) is 13.7. The summed E-state index contributed by atoms with van der Waals surface area (Å²) in [4.78, 5) is 11.8. The molecule has 1 unspecified atom stereocenters. The van der Waals surface area contributed by atoms with Gasteiger partial charge >= 0.3 is 0 Å². The lowest BCUT2D eigenvalue weighted by molar-refractivity contribution is -0.122. The normalized spacial score (nSPS) is 25.7. The standard InChI is InChI=1S/C14H14Cl2FNO/c15-14(16)7-11(14)12(19)18-8-13(5-6-13)9-1-3-10(17)4-2-9/h1-4,11H,5-8H2,(H,18,19). The molecule has 2 aliphatic rings. The average molecular weight is 302 g/mol. The Morgan fingerprint density at radius 3 is 2.37 bits per heavy atom. The molecule has 0 spiro atoms. The molecule has 2 nitrogen and oxygen atoms in total. The zero-order valence-corrected chi connectivity index (χ0v) is 11.8. The van der Waals surface area contributed by atoms with Crippen LogP contribution in [0.4, 0.5) is 4.39 Å². The van der Waals surface area contributed by atoms with Gasteiger partial charge in [0.2, 0.25) is 5.91 Å². The molecule has 1 amide bonds. The van der Waals surface area contributed by atoms with E-state index in [1.54, 1.807) is 12.1 Å². The molecule has 0 aliphatic heterocycles. The SMILES string of the molecule is O=C(NCC1(c2ccc(F)cc2)CC1)C1CC1(Cl)Cl. The Morgan fingerprint density at radius 2 is 1.89 bits per heavy atom. The molecule has 102 valence electrons. The van der Waals surface area contributed by atoms with Gasteiger partial charge in [-0.1, -0.05) is 12.1 Å². The van der Waals surface area contributed by atoms with Crippen LogP contribution in [0.3, 0.4) is 0 Å². The van der Waals surface area contributed by atoms with Gasteiger partial charge in [-0.3, -0.25) is 4.79 Å². The van der Waals surface area contributed by atoms with Gasteiger partial charge in [0.1, 0.15) is 10.2 Å². The van der Waals surface area contributed by atoms with Crippen LogP contribution in [0.25, 0.3) is 0 Å². The highest BCUT2D eigenvalue weighted by Crippen LogP contribution is 2.53. The van der Waals surface area contributed by atoms with E-state index in [-0.39, 0.29) is 23.1 Å². The van der Waals surface area contributed by atoms with Crippen LogP contribution in [0.1, 0.15) is 24.8 Å². The van der Waals surface area contributed by atoms with E-state index >= 15 is 0 Å². The Morgan fingerprint density at radius 1 is 1.32 bits per heavy atom. The fourth-order valence-corrected chi connectivity index (χ4v) is 2.91. The molecule has 1 N–H and O–H groups in total. The average Bonchev–Trinajstić information content (AvgIpc) is 3.25. The maximum absolute atomic E-state index is 12.9. The van der Waals surface area contributed by atoms with E-state index in [1.807, 2.05) is 0 Å². The topological polar surface area (TPSA) is 29.1 Å². The molecule has 1 atom stereocenters. The van der Waals surface area contributed by atoms with E-state index in [0.29, 0.717) is 13.0 Å². The molecule has 3 rings (SSSR count). The number of hydrogen-bond donors (Lipinski definition) is 1. The minimum Gasteiger partial charge on any atom is -0.355 e. The number of carbonyl (C=O) groups is 1. The highest BCUT2D eigenvalue weighted by molar-refractivity contribution is 6.52. The first-order valence-electron chi connectivity index (χ1n) is 6.35. The van der Waals surface area contributed by atoms with Crippen molar-refractivity contribution in [2.45, 2.75) is 29.0 Å². The Labute approximate surface area is 121 Å². The molecule has 2 saturated carbocycles. The van der Waals surface area contributed by atoms with Crippen molar-refractivity contribution < 1.29 is 9.18 Å². The summed E-state index contributed by atoms with van der Waals surface area (Å²) >= 11 is 11.7.